The van der Waals surface area contributed by atoms with Gasteiger partial charge >= 0.3 is 12.1 Å². The summed E-state index contributed by atoms with van der Waals surface area (Å²) in [6.07, 6.45) is -3.39. The number of sulfone groups is 1. The Morgan fingerprint density at radius 1 is 1.14 bits per heavy atom. The highest BCUT2D eigenvalue weighted by molar-refractivity contribution is 7.92. The van der Waals surface area contributed by atoms with Crippen LogP contribution in [-0.2, 0) is 21.2 Å². The maximum Gasteiger partial charge on any atom is 0.490 e. The van der Waals surface area contributed by atoms with Gasteiger partial charge in [0.2, 0.25) is 5.88 Å². The van der Waals surface area contributed by atoms with Gasteiger partial charge in [0.15, 0.2) is 9.84 Å². The number of rotatable bonds is 4. The second-order valence-electron chi connectivity index (χ2n) is 8.99. The van der Waals surface area contributed by atoms with E-state index in [9.17, 15) is 21.6 Å². The smallest absolute Gasteiger partial charge is 0.481 e. The van der Waals surface area contributed by atoms with Gasteiger partial charge in [-0.2, -0.15) is 13.2 Å². The molecule has 1 fully saturated rings. The van der Waals surface area contributed by atoms with Gasteiger partial charge in [0.05, 0.1) is 17.3 Å². The zero-order valence-electron chi connectivity index (χ0n) is 20.1. The summed E-state index contributed by atoms with van der Waals surface area (Å²) in [4.78, 5) is 15.9. The maximum absolute atomic E-state index is 13.2. The van der Waals surface area contributed by atoms with Crippen molar-refractivity contribution in [2.45, 2.75) is 35.7 Å². The number of nitrogens with zero attached hydrogens (tertiary/aromatic N) is 2. The van der Waals surface area contributed by atoms with E-state index in [1.165, 1.54) is 11.1 Å². The van der Waals surface area contributed by atoms with E-state index in [0.717, 1.165) is 29.8 Å². The van der Waals surface area contributed by atoms with Crippen LogP contribution < -0.4 is 4.74 Å². The number of aryl methyl sites for hydroxylation is 1. The SMILES string of the molecule is COc1ncccc1-c1ccc2c(c1)C1CN(Cc3cccc(C)c3)CC1S2(=O)=O.O=C(O)C(F)(F)F. The Morgan fingerprint density at radius 3 is 2.51 bits per heavy atom. The van der Waals surface area contributed by atoms with Crippen LogP contribution in [0.15, 0.2) is 65.7 Å². The summed E-state index contributed by atoms with van der Waals surface area (Å²) < 4.78 is 63.6. The zero-order valence-corrected chi connectivity index (χ0v) is 20.9. The fourth-order valence-electron chi connectivity index (χ4n) is 4.86. The van der Waals surface area contributed by atoms with Crippen LogP contribution in [0, 0.1) is 6.92 Å². The van der Waals surface area contributed by atoms with Crippen molar-refractivity contribution in [3.63, 3.8) is 0 Å². The van der Waals surface area contributed by atoms with Gasteiger partial charge in [0.1, 0.15) is 0 Å². The number of methoxy groups -OCH3 is 1. The molecule has 1 N–H and O–H groups in total. The fourth-order valence-corrected chi connectivity index (χ4v) is 7.06. The van der Waals surface area contributed by atoms with Crippen molar-refractivity contribution in [3.05, 3.63) is 77.5 Å². The molecule has 11 heteroatoms. The number of hydrogen-bond donors (Lipinski definition) is 1. The lowest BCUT2D eigenvalue weighted by Crippen LogP contribution is -2.25. The standard InChI is InChI=1S/C24H24N2O3S.C2HF3O2/c1-16-5-3-6-17(11-16)13-26-14-21-20-12-18(19-7-4-10-25-24(19)29-2)8-9-22(20)30(27,28)23(21)15-26;3-2(4,5)1(6)7/h3-12,21,23H,13-15H2,1-2H3;(H,6,7). The molecule has 0 saturated carbocycles. The highest BCUT2D eigenvalue weighted by Crippen LogP contribution is 2.46. The number of alkyl halides is 3. The number of carbonyl (C=O) groups is 1. The number of ether oxygens (including phenoxy) is 1. The lowest BCUT2D eigenvalue weighted by atomic mass is 9.95. The van der Waals surface area contributed by atoms with E-state index in [4.69, 9.17) is 14.6 Å². The molecule has 0 spiro atoms. The fraction of sp³-hybridized carbons (Fsp3) is 0.308. The number of carboxylic acid groups (broad SMARTS) is 1. The Balaban J connectivity index is 0.000000405. The van der Waals surface area contributed by atoms with Crippen LogP contribution in [0.3, 0.4) is 0 Å². The molecular formula is C26H25F3N2O5S. The van der Waals surface area contributed by atoms with Crippen LogP contribution in [0.1, 0.15) is 22.6 Å². The molecule has 1 aromatic heterocycles. The molecule has 0 bridgehead atoms. The molecule has 3 heterocycles. The van der Waals surface area contributed by atoms with Crippen molar-refractivity contribution >= 4 is 15.8 Å². The van der Waals surface area contributed by atoms with Crippen molar-refractivity contribution in [3.8, 4) is 17.0 Å². The van der Waals surface area contributed by atoms with E-state index in [1.54, 1.807) is 19.4 Å². The molecule has 0 amide bonds. The van der Waals surface area contributed by atoms with Gasteiger partial charge in [-0.3, -0.25) is 4.90 Å². The number of pyridine rings is 1. The van der Waals surface area contributed by atoms with Crippen molar-refractivity contribution in [1.29, 1.82) is 0 Å². The van der Waals surface area contributed by atoms with Crippen molar-refractivity contribution < 1.29 is 36.2 Å². The van der Waals surface area contributed by atoms with Crippen LogP contribution >= 0.6 is 0 Å². The summed E-state index contributed by atoms with van der Waals surface area (Å²) in [5.41, 5.74) is 5.18. The quantitative estimate of drug-likeness (QED) is 0.528. The van der Waals surface area contributed by atoms with Gasteiger partial charge in [0.25, 0.3) is 0 Å². The predicted molar refractivity (Wildman–Crippen MR) is 130 cm³/mol. The predicted octanol–water partition coefficient (Wildman–Crippen LogP) is 4.45. The first-order chi connectivity index (χ1) is 17.4. The minimum absolute atomic E-state index is 0.00238. The topological polar surface area (TPSA) is 96.8 Å². The van der Waals surface area contributed by atoms with Crippen LogP contribution in [0.4, 0.5) is 13.2 Å². The first-order valence-corrected chi connectivity index (χ1v) is 12.9. The third-order valence-electron chi connectivity index (χ3n) is 6.46. The molecule has 0 aliphatic carbocycles. The van der Waals surface area contributed by atoms with Gasteiger partial charge in [-0.15, -0.1) is 0 Å². The van der Waals surface area contributed by atoms with E-state index in [0.29, 0.717) is 17.3 Å². The van der Waals surface area contributed by atoms with Crippen LogP contribution in [-0.4, -0.2) is 61.0 Å². The summed E-state index contributed by atoms with van der Waals surface area (Å²) in [6, 6.07) is 17.9. The summed E-state index contributed by atoms with van der Waals surface area (Å²) in [5, 5.41) is 6.75. The summed E-state index contributed by atoms with van der Waals surface area (Å²) in [5.74, 6) is -2.22. The number of fused-ring (bicyclic) bond motifs is 3. The third kappa shape index (κ3) is 5.47. The molecule has 1 saturated heterocycles. The van der Waals surface area contributed by atoms with Crippen molar-refractivity contribution in [1.82, 2.24) is 9.88 Å². The van der Waals surface area contributed by atoms with Crippen LogP contribution in [0.25, 0.3) is 11.1 Å². The van der Waals surface area contributed by atoms with Gasteiger partial charge in [-0.05, 0) is 47.9 Å². The van der Waals surface area contributed by atoms with Gasteiger partial charge in [-0.1, -0.05) is 35.9 Å². The lowest BCUT2D eigenvalue weighted by Gasteiger charge is -2.18. The molecule has 2 unspecified atom stereocenters. The highest BCUT2D eigenvalue weighted by Gasteiger charge is 2.50. The van der Waals surface area contributed by atoms with Crippen LogP contribution in [0.2, 0.25) is 0 Å². The first-order valence-electron chi connectivity index (χ1n) is 11.4. The average Bonchev–Trinajstić information content (AvgIpc) is 3.35. The van der Waals surface area contributed by atoms with E-state index in [2.05, 4.69) is 41.1 Å². The highest BCUT2D eigenvalue weighted by atomic mass is 32.2. The van der Waals surface area contributed by atoms with Gasteiger partial charge in [0, 0.05) is 37.3 Å². The third-order valence-corrected chi connectivity index (χ3v) is 8.72. The Bertz CT molecular complexity index is 1430. The monoisotopic (exact) mass is 534 g/mol. The Kier molecular flexibility index (Phi) is 7.29. The molecule has 5 rings (SSSR count). The van der Waals surface area contributed by atoms with E-state index < -0.39 is 22.0 Å². The van der Waals surface area contributed by atoms with E-state index >= 15 is 0 Å². The molecule has 2 aliphatic rings. The molecule has 7 nitrogen and oxygen atoms in total. The molecular weight excluding hydrogens is 509 g/mol. The minimum Gasteiger partial charge on any atom is -0.481 e. The maximum atomic E-state index is 13.2. The Labute approximate surface area is 212 Å². The summed E-state index contributed by atoms with van der Waals surface area (Å²) in [7, 11) is -1.72. The normalized spacial score (nSPS) is 19.9. The summed E-state index contributed by atoms with van der Waals surface area (Å²) >= 11 is 0. The number of hydrogen-bond acceptors (Lipinski definition) is 6. The molecule has 37 heavy (non-hydrogen) atoms. The number of benzene rings is 2. The number of likely N-dealkylation sites (tertiary alicyclic amines) is 1. The van der Waals surface area contributed by atoms with Crippen molar-refractivity contribution in [2.75, 3.05) is 20.2 Å². The van der Waals surface area contributed by atoms with E-state index in [-0.39, 0.29) is 11.2 Å². The number of aliphatic carboxylic acids is 1. The number of halogens is 3. The summed E-state index contributed by atoms with van der Waals surface area (Å²) in [6.45, 7) is 4.17. The molecule has 0 radical (unpaired) electrons. The molecule has 2 aromatic carbocycles. The van der Waals surface area contributed by atoms with Crippen LogP contribution in [0.5, 0.6) is 5.88 Å². The molecule has 2 atom stereocenters. The molecule has 3 aromatic rings. The van der Waals surface area contributed by atoms with E-state index in [1.807, 2.05) is 24.3 Å². The molecule has 2 aliphatic heterocycles. The van der Waals surface area contributed by atoms with Gasteiger partial charge < -0.3 is 9.84 Å². The second-order valence-corrected chi connectivity index (χ2v) is 11.1. The number of aromatic nitrogens is 1. The average molecular weight is 535 g/mol. The Hall–Kier alpha value is -3.44. The first kappa shape index (κ1) is 26.6. The Morgan fingerprint density at radius 2 is 1.86 bits per heavy atom. The largest absolute Gasteiger partial charge is 0.490 e. The number of carboxylic acids is 1. The zero-order chi connectivity index (χ0) is 27.0. The van der Waals surface area contributed by atoms with Gasteiger partial charge in [-0.25, -0.2) is 18.2 Å². The van der Waals surface area contributed by atoms with Crippen molar-refractivity contribution in [2.24, 2.45) is 0 Å². The minimum atomic E-state index is -5.08. The second kappa shape index (κ2) is 10.1. The lowest BCUT2D eigenvalue weighted by molar-refractivity contribution is -0.192. The molecule has 196 valence electrons.